The fourth-order valence-corrected chi connectivity index (χ4v) is 4.67. The predicted octanol–water partition coefficient (Wildman–Crippen LogP) is 0.460. The first kappa shape index (κ1) is 14.8. The Morgan fingerprint density at radius 1 is 1.21 bits per heavy atom. The average molecular weight is 288 g/mol. The maximum atomic E-state index is 11.7. The van der Waals surface area contributed by atoms with Gasteiger partial charge < -0.3 is 10.6 Å². The number of amides is 1. The summed E-state index contributed by atoms with van der Waals surface area (Å²) in [6.45, 7) is 2.40. The largest absolute Gasteiger partial charge is 0.355 e. The van der Waals surface area contributed by atoms with Crippen molar-refractivity contribution in [3.8, 4) is 0 Å². The van der Waals surface area contributed by atoms with Crippen LogP contribution in [0.25, 0.3) is 0 Å². The Labute approximate surface area is 115 Å². The third kappa shape index (κ3) is 4.45. The van der Waals surface area contributed by atoms with Crippen molar-refractivity contribution < 1.29 is 13.2 Å². The van der Waals surface area contributed by atoms with E-state index in [0.717, 1.165) is 38.8 Å². The maximum Gasteiger partial charge on any atom is 0.220 e. The van der Waals surface area contributed by atoms with Crippen molar-refractivity contribution in [1.29, 1.82) is 0 Å². The normalized spacial score (nSPS) is 27.3. The molecule has 6 heteroatoms. The van der Waals surface area contributed by atoms with E-state index in [4.69, 9.17) is 0 Å². The molecule has 1 atom stereocenters. The van der Waals surface area contributed by atoms with Crippen LogP contribution in [0, 0.1) is 5.92 Å². The SMILES string of the molecule is O=C(CCC1CCNCC1)NCC1CCCS1(=O)=O. The zero-order valence-electron chi connectivity index (χ0n) is 11.4. The van der Waals surface area contributed by atoms with Crippen molar-refractivity contribution in [2.24, 2.45) is 5.92 Å². The van der Waals surface area contributed by atoms with Crippen molar-refractivity contribution in [1.82, 2.24) is 10.6 Å². The highest BCUT2D eigenvalue weighted by molar-refractivity contribution is 7.92. The molecule has 2 N–H and O–H groups in total. The Hall–Kier alpha value is -0.620. The van der Waals surface area contributed by atoms with Gasteiger partial charge in [-0.05, 0) is 51.1 Å². The van der Waals surface area contributed by atoms with Gasteiger partial charge in [0.25, 0.3) is 0 Å². The quantitative estimate of drug-likeness (QED) is 0.770. The summed E-state index contributed by atoms with van der Waals surface area (Å²) in [5.41, 5.74) is 0. The Kier molecular flexibility index (Phi) is 5.21. The van der Waals surface area contributed by atoms with E-state index in [1.165, 1.54) is 0 Å². The number of carbonyl (C=O) groups excluding carboxylic acids is 1. The summed E-state index contributed by atoms with van der Waals surface area (Å²) in [5, 5.41) is 5.74. The zero-order valence-corrected chi connectivity index (χ0v) is 12.2. The van der Waals surface area contributed by atoms with Gasteiger partial charge in [-0.3, -0.25) is 4.79 Å². The highest BCUT2D eigenvalue weighted by Gasteiger charge is 2.31. The van der Waals surface area contributed by atoms with E-state index >= 15 is 0 Å². The molecule has 0 aromatic heterocycles. The van der Waals surface area contributed by atoms with Crippen LogP contribution in [0.1, 0.15) is 38.5 Å². The first-order valence-electron chi connectivity index (χ1n) is 7.27. The van der Waals surface area contributed by atoms with Crippen LogP contribution >= 0.6 is 0 Å². The summed E-state index contributed by atoms with van der Waals surface area (Å²) in [6.07, 6.45) is 5.16. The molecule has 110 valence electrons. The van der Waals surface area contributed by atoms with Gasteiger partial charge in [0.05, 0.1) is 11.0 Å². The third-order valence-corrected chi connectivity index (χ3v) is 6.50. The van der Waals surface area contributed by atoms with Crippen molar-refractivity contribution in [2.45, 2.75) is 43.8 Å². The van der Waals surface area contributed by atoms with E-state index < -0.39 is 9.84 Å². The lowest BCUT2D eigenvalue weighted by Crippen LogP contribution is -2.35. The molecule has 2 aliphatic rings. The Morgan fingerprint density at radius 3 is 2.58 bits per heavy atom. The molecule has 0 aromatic rings. The molecule has 2 fully saturated rings. The summed E-state index contributed by atoms with van der Waals surface area (Å²) in [6, 6.07) is 0. The number of hydrogen-bond acceptors (Lipinski definition) is 4. The second kappa shape index (κ2) is 6.70. The van der Waals surface area contributed by atoms with Gasteiger partial charge in [-0.1, -0.05) is 0 Å². The molecule has 1 unspecified atom stereocenters. The molecule has 0 aliphatic carbocycles. The molecule has 19 heavy (non-hydrogen) atoms. The van der Waals surface area contributed by atoms with Crippen LogP contribution in [0.3, 0.4) is 0 Å². The van der Waals surface area contributed by atoms with Gasteiger partial charge in [0.1, 0.15) is 0 Å². The maximum absolute atomic E-state index is 11.7. The Morgan fingerprint density at radius 2 is 1.95 bits per heavy atom. The second-order valence-electron chi connectivity index (χ2n) is 5.67. The number of nitrogens with one attached hydrogen (secondary N) is 2. The summed E-state index contributed by atoms with van der Waals surface area (Å²) in [5.74, 6) is 0.922. The molecule has 0 aromatic carbocycles. The molecule has 2 saturated heterocycles. The fourth-order valence-electron chi connectivity index (χ4n) is 2.91. The van der Waals surface area contributed by atoms with Gasteiger partial charge in [-0.15, -0.1) is 0 Å². The van der Waals surface area contributed by atoms with E-state index in [0.29, 0.717) is 25.3 Å². The van der Waals surface area contributed by atoms with E-state index in [9.17, 15) is 13.2 Å². The second-order valence-corrected chi connectivity index (χ2v) is 8.07. The lowest BCUT2D eigenvalue weighted by atomic mass is 9.93. The number of sulfone groups is 1. The molecule has 2 heterocycles. The lowest BCUT2D eigenvalue weighted by Gasteiger charge is -2.22. The van der Waals surface area contributed by atoms with E-state index in [1.54, 1.807) is 0 Å². The molecule has 0 saturated carbocycles. The van der Waals surface area contributed by atoms with Gasteiger partial charge in [-0.25, -0.2) is 8.42 Å². The standard InChI is InChI=1S/C13H24N2O3S/c16-13(4-3-11-5-7-14-8-6-11)15-10-12-2-1-9-19(12,17)18/h11-12,14H,1-10H2,(H,15,16). The molecular formula is C13H24N2O3S. The van der Waals surface area contributed by atoms with Crippen LogP contribution in [0.4, 0.5) is 0 Å². The molecule has 0 radical (unpaired) electrons. The average Bonchev–Trinajstić information content (AvgIpc) is 2.74. The lowest BCUT2D eigenvalue weighted by molar-refractivity contribution is -0.121. The molecular weight excluding hydrogens is 264 g/mol. The summed E-state index contributed by atoms with van der Waals surface area (Å²) in [7, 11) is -2.94. The van der Waals surface area contributed by atoms with Crippen molar-refractivity contribution >= 4 is 15.7 Å². The minimum atomic E-state index is -2.94. The first-order chi connectivity index (χ1) is 9.08. The number of hydrogen-bond donors (Lipinski definition) is 2. The zero-order chi connectivity index (χ0) is 13.7. The Balaban J connectivity index is 1.64. The van der Waals surface area contributed by atoms with Gasteiger partial charge >= 0.3 is 0 Å². The van der Waals surface area contributed by atoms with Crippen LogP contribution in [0.2, 0.25) is 0 Å². The minimum absolute atomic E-state index is 0.000586. The predicted molar refractivity (Wildman–Crippen MR) is 74.6 cm³/mol. The summed E-state index contributed by atoms with van der Waals surface area (Å²) < 4.78 is 23.2. The van der Waals surface area contributed by atoms with Crippen LogP contribution in [-0.4, -0.2) is 45.0 Å². The van der Waals surface area contributed by atoms with Crippen molar-refractivity contribution in [3.05, 3.63) is 0 Å². The monoisotopic (exact) mass is 288 g/mol. The van der Waals surface area contributed by atoms with Crippen molar-refractivity contribution in [3.63, 3.8) is 0 Å². The molecule has 0 spiro atoms. The number of piperidine rings is 1. The first-order valence-corrected chi connectivity index (χ1v) is 8.98. The molecule has 5 nitrogen and oxygen atoms in total. The number of rotatable bonds is 5. The smallest absolute Gasteiger partial charge is 0.220 e. The summed E-state index contributed by atoms with van der Waals surface area (Å²) in [4.78, 5) is 11.7. The molecule has 2 rings (SSSR count). The Bertz CT molecular complexity index is 402. The molecule has 0 bridgehead atoms. The van der Waals surface area contributed by atoms with Gasteiger partial charge in [0.15, 0.2) is 9.84 Å². The van der Waals surface area contributed by atoms with E-state index in [1.807, 2.05) is 0 Å². The van der Waals surface area contributed by atoms with Crippen molar-refractivity contribution in [2.75, 3.05) is 25.4 Å². The molecule has 1 amide bonds. The third-order valence-electron chi connectivity index (χ3n) is 4.23. The van der Waals surface area contributed by atoms with Crippen LogP contribution in [-0.2, 0) is 14.6 Å². The van der Waals surface area contributed by atoms with Gasteiger partial charge in [0.2, 0.25) is 5.91 Å². The van der Waals surface area contributed by atoms with Gasteiger partial charge in [-0.2, -0.15) is 0 Å². The summed E-state index contributed by atoms with van der Waals surface area (Å²) >= 11 is 0. The minimum Gasteiger partial charge on any atom is -0.355 e. The van der Waals surface area contributed by atoms with Crippen LogP contribution in [0.15, 0.2) is 0 Å². The number of carbonyl (C=O) groups is 1. The highest BCUT2D eigenvalue weighted by Crippen LogP contribution is 2.20. The molecule has 2 aliphatic heterocycles. The van der Waals surface area contributed by atoms with E-state index in [-0.39, 0.29) is 16.9 Å². The fraction of sp³-hybridized carbons (Fsp3) is 0.923. The van der Waals surface area contributed by atoms with Crippen LogP contribution < -0.4 is 10.6 Å². The topological polar surface area (TPSA) is 75.3 Å². The van der Waals surface area contributed by atoms with Gasteiger partial charge in [0, 0.05) is 13.0 Å². The van der Waals surface area contributed by atoms with E-state index in [2.05, 4.69) is 10.6 Å². The highest BCUT2D eigenvalue weighted by atomic mass is 32.2. The van der Waals surface area contributed by atoms with Crippen LogP contribution in [0.5, 0.6) is 0 Å².